The van der Waals surface area contributed by atoms with Crippen LogP contribution in [0, 0.1) is 25.7 Å². The average Bonchev–Trinajstić information content (AvgIpc) is 1.88. The lowest BCUT2D eigenvalue weighted by Gasteiger charge is -2.41. The van der Waals surface area contributed by atoms with Crippen LogP contribution in [0.2, 0.25) is 0 Å². The van der Waals surface area contributed by atoms with Gasteiger partial charge in [0, 0.05) is 76.1 Å². The molecule has 84 heavy (non-hydrogen) atoms. The summed E-state index contributed by atoms with van der Waals surface area (Å²) in [7, 11) is 0. The van der Waals surface area contributed by atoms with Crippen molar-refractivity contribution in [3.05, 3.63) is 69.8 Å². The molecule has 6 aliphatic rings. The molecule has 6 aromatic rings. The highest BCUT2D eigenvalue weighted by molar-refractivity contribution is 5.79. The van der Waals surface area contributed by atoms with Crippen LogP contribution in [-0.4, -0.2) is 156 Å². The molecule has 4 atom stereocenters. The van der Waals surface area contributed by atoms with Crippen LogP contribution in [0.15, 0.2) is 24.5 Å². The lowest BCUT2D eigenvalue weighted by molar-refractivity contribution is -0.161. The number of aryl methyl sites for hydroxylation is 2. The summed E-state index contributed by atoms with van der Waals surface area (Å²) in [5.41, 5.74) is 4.72. The van der Waals surface area contributed by atoms with Gasteiger partial charge in [0.25, 0.3) is 0 Å². The number of aliphatic carboxylic acids is 2. The van der Waals surface area contributed by atoms with Crippen LogP contribution in [0.1, 0.15) is 204 Å². The highest BCUT2D eigenvalue weighted by Gasteiger charge is 2.40. The Bertz CT molecular complexity index is 3010. The van der Waals surface area contributed by atoms with E-state index < -0.39 is 35.3 Å². The first-order chi connectivity index (χ1) is 39.7. The van der Waals surface area contributed by atoms with E-state index in [1.54, 1.807) is 18.4 Å². The second kappa shape index (κ2) is 25.4. The molecule has 2 fully saturated rings. The molecule has 0 amide bonds. The summed E-state index contributed by atoms with van der Waals surface area (Å²) in [6.07, 6.45) is 7.93. The fraction of sp³-hybridized carbons (Fsp3) is 0.700. The molecule has 460 valence electrons. The number of carboxylic acids is 2. The first-order valence-electron chi connectivity index (χ1n) is 30.1. The van der Waals surface area contributed by atoms with E-state index >= 15 is 0 Å². The number of hydrogen-bond acceptors (Lipinski definition) is 18. The van der Waals surface area contributed by atoms with Crippen molar-refractivity contribution in [2.75, 3.05) is 62.4 Å². The van der Waals surface area contributed by atoms with Crippen LogP contribution in [0.25, 0.3) is 11.3 Å². The first-order valence-corrected chi connectivity index (χ1v) is 30.1. The van der Waals surface area contributed by atoms with Crippen molar-refractivity contribution in [3.8, 4) is 0 Å². The van der Waals surface area contributed by atoms with Crippen LogP contribution < -0.4 is 9.80 Å². The third-order valence-corrected chi connectivity index (χ3v) is 16.0. The van der Waals surface area contributed by atoms with Crippen molar-refractivity contribution in [3.63, 3.8) is 0 Å². The zero-order chi connectivity index (χ0) is 60.5. The van der Waals surface area contributed by atoms with Gasteiger partial charge in [0.15, 0.2) is 23.5 Å². The van der Waals surface area contributed by atoms with Crippen molar-refractivity contribution in [2.24, 2.45) is 11.8 Å². The predicted molar refractivity (Wildman–Crippen MR) is 313 cm³/mol. The standard InChI is InChI=1S/2C30H45N7O5/c2*1-19(2)25-22-18-36(34-32-22)17-21-16-23-31-20(3)24(26(28(38)39)42-29(4,5)6)27(37(23)33-21)35-12-10-30(7,11-13-35)41-15-9-8-14-40-25/h2*16,18-19,25-26H,8-15,17H2,1-7H3,(H,38,39)/t2*25?,26-/m00/s1. The van der Waals surface area contributed by atoms with Crippen LogP contribution in [0.5, 0.6) is 0 Å². The van der Waals surface area contributed by atoms with Crippen LogP contribution in [-0.2, 0) is 51.1 Å². The number of hydrogen-bond donors (Lipinski definition) is 2. The number of anilines is 2. The largest absolute Gasteiger partial charge is 0.479 e. The fourth-order valence-electron chi connectivity index (χ4n) is 11.6. The SMILES string of the molecule is Cc1nc2cc3nn2c(c1[C@H](OC(C)(C)C)C(=O)O)N1CCC(C)(CC1)OCCCCOC(C(C)C)c1cn(nn1)C3.Cc1nc2cc3nn2c(c1[C@H](OC(C)(C)C)C(=O)O)N1CCC(C)(CC1)OCCCCOC(C(C)C)c1cn(nn1)C3. The second-order valence-electron chi connectivity index (χ2n) is 26.3. The third-order valence-electron chi connectivity index (χ3n) is 16.0. The number of ether oxygens (including phenoxy) is 6. The highest BCUT2D eigenvalue weighted by atomic mass is 16.5. The maximum atomic E-state index is 12.7. The summed E-state index contributed by atoms with van der Waals surface area (Å²) in [5, 5.41) is 48.2. The van der Waals surface area contributed by atoms with E-state index in [9.17, 15) is 19.8 Å². The molecule has 24 heteroatoms. The maximum Gasteiger partial charge on any atom is 0.337 e. The summed E-state index contributed by atoms with van der Waals surface area (Å²) >= 11 is 0. The Morgan fingerprint density at radius 1 is 0.595 bits per heavy atom. The third kappa shape index (κ3) is 14.7. The van der Waals surface area contributed by atoms with Crippen LogP contribution in [0.4, 0.5) is 11.6 Å². The minimum Gasteiger partial charge on any atom is -0.479 e. The van der Waals surface area contributed by atoms with Crippen molar-refractivity contribution in [1.29, 1.82) is 0 Å². The van der Waals surface area contributed by atoms with Gasteiger partial charge in [-0.2, -0.15) is 19.2 Å². The van der Waals surface area contributed by atoms with Gasteiger partial charge in [-0.1, -0.05) is 38.1 Å². The Hall–Kier alpha value is -6.18. The zero-order valence-electron chi connectivity index (χ0n) is 51.9. The molecule has 0 aromatic carbocycles. The molecule has 0 saturated carbocycles. The van der Waals surface area contributed by atoms with Gasteiger partial charge in [-0.3, -0.25) is 0 Å². The second-order valence-corrected chi connectivity index (χ2v) is 26.3. The van der Waals surface area contributed by atoms with Gasteiger partial charge in [0.05, 0.1) is 70.4 Å². The van der Waals surface area contributed by atoms with Crippen molar-refractivity contribution >= 4 is 34.9 Å². The van der Waals surface area contributed by atoms with Gasteiger partial charge in [-0.25, -0.2) is 28.9 Å². The number of fused-ring (bicyclic) bond motifs is 16. The number of rotatable bonds is 8. The normalized spacial score (nSPS) is 23.2. The molecule has 0 radical (unpaired) electrons. The monoisotopic (exact) mass is 1170 g/mol. The quantitative estimate of drug-likeness (QED) is 0.144. The number of carboxylic acid groups (broad SMARTS) is 2. The molecule has 12 bridgehead atoms. The minimum atomic E-state index is -1.21. The molecule has 0 aliphatic carbocycles. The molecule has 2 unspecified atom stereocenters. The van der Waals surface area contributed by atoms with E-state index in [4.69, 9.17) is 48.6 Å². The summed E-state index contributed by atoms with van der Waals surface area (Å²) in [6, 6.07) is 3.85. The lowest BCUT2D eigenvalue weighted by atomic mass is 9.92. The first kappa shape index (κ1) is 62.4. The zero-order valence-corrected chi connectivity index (χ0v) is 51.9. The summed E-state index contributed by atoms with van der Waals surface area (Å²) in [6.45, 7) is 33.8. The molecule has 6 aliphatic heterocycles. The van der Waals surface area contributed by atoms with E-state index in [1.165, 1.54) is 0 Å². The molecule has 24 nitrogen and oxygen atoms in total. The molecule has 12 rings (SSSR count). The minimum absolute atomic E-state index is 0.155. The van der Waals surface area contributed by atoms with Crippen LogP contribution in [0.3, 0.4) is 0 Å². The van der Waals surface area contributed by atoms with Gasteiger partial charge < -0.3 is 48.4 Å². The maximum absolute atomic E-state index is 12.7. The van der Waals surface area contributed by atoms with Gasteiger partial charge in [0.1, 0.15) is 35.2 Å². The Kier molecular flexibility index (Phi) is 18.9. The van der Waals surface area contributed by atoms with E-state index in [0.717, 1.165) is 74.1 Å². The Morgan fingerprint density at radius 2 is 0.952 bits per heavy atom. The summed E-state index contributed by atoms with van der Waals surface area (Å²) in [5.74, 6) is -0.235. The smallest absolute Gasteiger partial charge is 0.337 e. The number of piperidine rings is 2. The fourth-order valence-corrected chi connectivity index (χ4v) is 11.6. The van der Waals surface area contributed by atoms with Crippen LogP contribution >= 0.6 is 0 Å². The van der Waals surface area contributed by atoms with Gasteiger partial charge in [0.2, 0.25) is 0 Å². The van der Waals surface area contributed by atoms with Crippen molar-refractivity contribution in [2.45, 2.75) is 208 Å². The number of carbonyl (C=O) groups is 2. The Balaban J connectivity index is 0.000000202. The molecule has 0 spiro atoms. The van der Waals surface area contributed by atoms with Gasteiger partial charge >= 0.3 is 11.9 Å². The summed E-state index contributed by atoms with van der Waals surface area (Å²) in [4.78, 5) is 39.4. The molecule has 6 aromatic heterocycles. The Labute approximate surface area is 492 Å². The Morgan fingerprint density at radius 3 is 1.29 bits per heavy atom. The van der Waals surface area contributed by atoms with E-state index in [-0.39, 0.29) is 35.2 Å². The highest BCUT2D eigenvalue weighted by Crippen LogP contribution is 2.40. The molecule has 2 N–H and O–H groups in total. The molecule has 12 heterocycles. The summed E-state index contributed by atoms with van der Waals surface area (Å²) < 4.78 is 44.7. The van der Waals surface area contributed by atoms with Crippen molar-refractivity contribution < 1.29 is 48.2 Å². The molecule has 2 saturated heterocycles. The van der Waals surface area contributed by atoms with E-state index in [2.05, 4.69) is 72.0 Å². The van der Waals surface area contributed by atoms with Gasteiger partial charge in [-0.15, -0.1) is 10.2 Å². The molecular formula is C60H90N14O10. The van der Waals surface area contributed by atoms with E-state index in [0.29, 0.717) is 111 Å². The van der Waals surface area contributed by atoms with Gasteiger partial charge in [-0.05, 0) is 132 Å². The number of nitrogens with zero attached hydrogens (tertiary/aromatic N) is 14. The topological polar surface area (TPSA) is 258 Å². The lowest BCUT2D eigenvalue weighted by Crippen LogP contribution is -2.46. The van der Waals surface area contributed by atoms with Crippen molar-refractivity contribution in [1.82, 2.24) is 59.2 Å². The number of aromatic nitrogens is 12. The van der Waals surface area contributed by atoms with E-state index in [1.807, 2.05) is 79.9 Å². The average molecular weight is 1170 g/mol. The molecular weight excluding hydrogens is 1080 g/mol. The predicted octanol–water partition coefficient (Wildman–Crippen LogP) is 9.00.